The molecular formula is C24H33NO2. The normalized spacial score (nSPS) is 13.7. The first-order valence-corrected chi connectivity index (χ1v) is 9.88. The highest BCUT2D eigenvalue weighted by atomic mass is 16.5. The zero-order chi connectivity index (χ0) is 20.0. The van der Waals surface area contributed by atoms with Gasteiger partial charge in [0.1, 0.15) is 5.75 Å². The molecule has 3 heteroatoms. The first-order chi connectivity index (χ1) is 12.7. The molecule has 1 N–H and O–H groups in total. The van der Waals surface area contributed by atoms with Gasteiger partial charge in [0.15, 0.2) is 6.10 Å². The lowest BCUT2D eigenvalue weighted by Gasteiger charge is -2.23. The van der Waals surface area contributed by atoms with Crippen molar-refractivity contribution in [2.45, 2.75) is 71.9 Å². The minimum atomic E-state index is -0.495. The zero-order valence-electron chi connectivity index (χ0n) is 17.5. The van der Waals surface area contributed by atoms with Crippen molar-refractivity contribution in [1.29, 1.82) is 0 Å². The minimum absolute atomic E-state index is 0.000911. The second-order valence-electron chi connectivity index (χ2n) is 8.17. The maximum Gasteiger partial charge on any atom is 0.261 e. The lowest BCUT2D eigenvalue weighted by Crippen LogP contribution is -2.39. The Morgan fingerprint density at radius 1 is 0.963 bits per heavy atom. The first-order valence-electron chi connectivity index (χ1n) is 9.88. The first kappa shape index (κ1) is 21.0. The Kier molecular flexibility index (Phi) is 7.06. The molecule has 2 atom stereocenters. The molecule has 0 bridgehead atoms. The van der Waals surface area contributed by atoms with Gasteiger partial charge in [-0.05, 0) is 48.4 Å². The fourth-order valence-corrected chi connectivity index (χ4v) is 3.00. The molecule has 0 heterocycles. The highest BCUT2D eigenvalue weighted by Gasteiger charge is 2.22. The monoisotopic (exact) mass is 367 g/mol. The molecule has 2 rings (SSSR count). The Hall–Kier alpha value is -2.29. The van der Waals surface area contributed by atoms with Crippen LogP contribution in [0.5, 0.6) is 5.75 Å². The minimum Gasteiger partial charge on any atom is -0.481 e. The summed E-state index contributed by atoms with van der Waals surface area (Å²) >= 11 is 0. The standard InChI is InChI=1S/C24H33NO2/c1-7-21(18-11-9-17(3)10-12-18)25-23(26)22(8-2)27-20-15-13-19(14-16-20)24(4,5)6/h9-16,21-22H,7-8H2,1-6H3,(H,25,26)/t21-,22+/m0/s1. The molecule has 27 heavy (non-hydrogen) atoms. The van der Waals surface area contributed by atoms with Gasteiger partial charge in [0, 0.05) is 0 Å². The summed E-state index contributed by atoms with van der Waals surface area (Å²) in [6.45, 7) is 12.7. The summed E-state index contributed by atoms with van der Waals surface area (Å²) in [7, 11) is 0. The smallest absolute Gasteiger partial charge is 0.261 e. The van der Waals surface area contributed by atoms with E-state index in [4.69, 9.17) is 4.74 Å². The van der Waals surface area contributed by atoms with E-state index in [1.54, 1.807) is 0 Å². The highest BCUT2D eigenvalue weighted by molar-refractivity contribution is 5.81. The molecule has 0 aliphatic heterocycles. The molecule has 0 saturated carbocycles. The third kappa shape index (κ3) is 5.85. The van der Waals surface area contributed by atoms with Crippen LogP contribution >= 0.6 is 0 Å². The van der Waals surface area contributed by atoms with Gasteiger partial charge in [-0.1, -0.05) is 76.6 Å². The molecule has 3 nitrogen and oxygen atoms in total. The highest BCUT2D eigenvalue weighted by Crippen LogP contribution is 2.25. The number of nitrogens with one attached hydrogen (secondary N) is 1. The lowest BCUT2D eigenvalue weighted by atomic mass is 9.87. The number of benzene rings is 2. The molecule has 2 aromatic rings. The third-order valence-corrected chi connectivity index (χ3v) is 4.87. The summed E-state index contributed by atoms with van der Waals surface area (Å²) < 4.78 is 5.98. The Labute approximate surface area is 164 Å². The van der Waals surface area contributed by atoms with Crippen molar-refractivity contribution in [3.63, 3.8) is 0 Å². The Bertz CT molecular complexity index is 726. The van der Waals surface area contributed by atoms with Crippen LogP contribution in [0, 0.1) is 6.92 Å². The summed E-state index contributed by atoms with van der Waals surface area (Å²) in [5.41, 5.74) is 3.69. The molecule has 0 radical (unpaired) electrons. The van der Waals surface area contributed by atoms with Gasteiger partial charge in [0.25, 0.3) is 5.91 Å². The van der Waals surface area contributed by atoms with Crippen LogP contribution in [0.3, 0.4) is 0 Å². The van der Waals surface area contributed by atoms with Crippen molar-refractivity contribution < 1.29 is 9.53 Å². The van der Waals surface area contributed by atoms with E-state index in [1.807, 2.05) is 19.1 Å². The average Bonchev–Trinajstić information content (AvgIpc) is 2.64. The molecule has 0 aliphatic rings. The number of carbonyl (C=O) groups excluding carboxylic acids is 1. The molecule has 146 valence electrons. The van der Waals surface area contributed by atoms with E-state index >= 15 is 0 Å². The van der Waals surface area contributed by atoms with Gasteiger partial charge in [0.05, 0.1) is 6.04 Å². The van der Waals surface area contributed by atoms with E-state index < -0.39 is 6.10 Å². The van der Waals surface area contributed by atoms with Gasteiger partial charge < -0.3 is 10.1 Å². The van der Waals surface area contributed by atoms with E-state index in [-0.39, 0.29) is 17.4 Å². The Morgan fingerprint density at radius 2 is 1.56 bits per heavy atom. The van der Waals surface area contributed by atoms with Gasteiger partial charge in [0.2, 0.25) is 0 Å². The molecule has 0 spiro atoms. The van der Waals surface area contributed by atoms with Crippen LogP contribution in [0.4, 0.5) is 0 Å². The zero-order valence-corrected chi connectivity index (χ0v) is 17.5. The summed E-state index contributed by atoms with van der Waals surface area (Å²) in [5, 5.41) is 3.15. The lowest BCUT2D eigenvalue weighted by molar-refractivity contribution is -0.128. The average molecular weight is 368 g/mol. The number of hydrogen-bond acceptors (Lipinski definition) is 2. The van der Waals surface area contributed by atoms with E-state index in [1.165, 1.54) is 11.1 Å². The van der Waals surface area contributed by atoms with E-state index in [9.17, 15) is 4.79 Å². The fourth-order valence-electron chi connectivity index (χ4n) is 3.00. The largest absolute Gasteiger partial charge is 0.481 e. The van der Waals surface area contributed by atoms with Crippen LogP contribution < -0.4 is 10.1 Å². The van der Waals surface area contributed by atoms with Crippen molar-refractivity contribution in [3.8, 4) is 5.75 Å². The molecule has 0 saturated heterocycles. The van der Waals surface area contributed by atoms with Gasteiger partial charge >= 0.3 is 0 Å². The van der Waals surface area contributed by atoms with Gasteiger partial charge in [-0.2, -0.15) is 0 Å². The molecule has 2 aromatic carbocycles. The van der Waals surface area contributed by atoms with Crippen molar-refractivity contribution in [2.75, 3.05) is 0 Å². The van der Waals surface area contributed by atoms with Crippen molar-refractivity contribution in [2.24, 2.45) is 0 Å². The van der Waals surface area contributed by atoms with E-state index in [2.05, 4.69) is 76.3 Å². The number of carbonyl (C=O) groups is 1. The summed E-state index contributed by atoms with van der Waals surface area (Å²) in [6, 6.07) is 16.4. The molecule has 0 fully saturated rings. The molecule has 1 amide bonds. The second kappa shape index (κ2) is 9.07. The number of amides is 1. The van der Waals surface area contributed by atoms with Crippen LogP contribution in [0.2, 0.25) is 0 Å². The molecule has 0 aromatic heterocycles. The summed E-state index contributed by atoms with van der Waals surface area (Å²) in [6.07, 6.45) is 0.966. The molecule has 0 aliphatic carbocycles. The molecule has 0 unspecified atom stereocenters. The Morgan fingerprint density at radius 3 is 2.04 bits per heavy atom. The number of hydrogen-bond donors (Lipinski definition) is 1. The fraction of sp³-hybridized carbons (Fsp3) is 0.458. The van der Waals surface area contributed by atoms with Crippen molar-refractivity contribution >= 4 is 5.91 Å². The number of aryl methyl sites for hydroxylation is 1. The van der Waals surface area contributed by atoms with Crippen molar-refractivity contribution in [1.82, 2.24) is 5.32 Å². The van der Waals surface area contributed by atoms with Crippen LogP contribution in [0.25, 0.3) is 0 Å². The maximum atomic E-state index is 12.8. The van der Waals surface area contributed by atoms with Crippen molar-refractivity contribution in [3.05, 3.63) is 65.2 Å². The third-order valence-electron chi connectivity index (χ3n) is 4.87. The summed E-state index contributed by atoms with van der Waals surface area (Å²) in [5.74, 6) is 0.665. The predicted molar refractivity (Wildman–Crippen MR) is 112 cm³/mol. The van der Waals surface area contributed by atoms with Crippen LogP contribution in [0.1, 0.15) is 70.2 Å². The molecular weight excluding hydrogens is 334 g/mol. The summed E-state index contributed by atoms with van der Waals surface area (Å²) in [4.78, 5) is 12.8. The van der Waals surface area contributed by atoms with E-state index in [0.29, 0.717) is 6.42 Å². The van der Waals surface area contributed by atoms with Gasteiger partial charge in [-0.3, -0.25) is 4.79 Å². The topological polar surface area (TPSA) is 38.3 Å². The maximum absolute atomic E-state index is 12.8. The number of ether oxygens (including phenoxy) is 1. The predicted octanol–water partition coefficient (Wildman–Crippen LogP) is 5.72. The second-order valence-corrected chi connectivity index (χ2v) is 8.17. The van der Waals surface area contributed by atoms with Crippen LogP contribution in [-0.2, 0) is 10.2 Å². The van der Waals surface area contributed by atoms with Crippen LogP contribution in [-0.4, -0.2) is 12.0 Å². The van der Waals surface area contributed by atoms with E-state index in [0.717, 1.165) is 17.7 Å². The number of rotatable bonds is 7. The van der Waals surface area contributed by atoms with Gasteiger partial charge in [-0.15, -0.1) is 0 Å². The SMILES string of the molecule is CC[C@H](NC(=O)[C@@H](CC)Oc1ccc(C(C)(C)C)cc1)c1ccc(C)cc1. The Balaban J connectivity index is 2.05. The van der Waals surface area contributed by atoms with Crippen LogP contribution in [0.15, 0.2) is 48.5 Å². The quantitative estimate of drug-likeness (QED) is 0.680. The van der Waals surface area contributed by atoms with Gasteiger partial charge in [-0.25, -0.2) is 0 Å².